The van der Waals surface area contributed by atoms with Crippen LogP contribution in [0.3, 0.4) is 0 Å². The Kier molecular flexibility index (Phi) is 27.3. The molecule has 1 aromatic carbocycles. The molecule has 5 atom stereocenters. The minimum atomic E-state index is -1.04. The average Bonchev–Trinajstić information content (AvgIpc) is 3.28. The maximum Gasteiger partial charge on any atom is 0.328 e. The summed E-state index contributed by atoms with van der Waals surface area (Å²) >= 11 is 9.38. The maximum atomic E-state index is 14.1. The number of H-pyrrole nitrogens is 1. The Morgan fingerprint density at radius 1 is 0.750 bits per heavy atom. The van der Waals surface area contributed by atoms with E-state index in [0.717, 1.165) is 38.8 Å². The van der Waals surface area contributed by atoms with Gasteiger partial charge in [-0.05, 0) is 79.0 Å². The highest BCUT2D eigenvalue weighted by atomic mass is 32.2. The Morgan fingerprint density at radius 3 is 1.97 bits per heavy atom. The number of aliphatic carboxylic acids is 1. The molecule has 15 heteroatoms. The van der Waals surface area contributed by atoms with Gasteiger partial charge in [-0.25, -0.2) is 4.79 Å². The van der Waals surface area contributed by atoms with E-state index in [-0.39, 0.29) is 50.4 Å². The number of nitrogens with one attached hydrogen (secondary N) is 1. The molecule has 2 heterocycles. The second kappa shape index (κ2) is 32.0. The first-order valence-corrected chi connectivity index (χ1v) is 25.4. The number of benzene rings is 1. The first-order chi connectivity index (χ1) is 30.9. The lowest BCUT2D eigenvalue weighted by atomic mass is 9.79. The number of carbonyl (C=O) groups excluding carboxylic acids is 2. The van der Waals surface area contributed by atoms with Crippen LogP contribution in [0.15, 0.2) is 70.6 Å². The van der Waals surface area contributed by atoms with Gasteiger partial charge in [0.25, 0.3) is 5.56 Å². The molecule has 3 aromatic rings. The summed E-state index contributed by atoms with van der Waals surface area (Å²) in [5.74, 6) is -3.80. The number of carboxylic acids is 1. The molecule has 2 aromatic heterocycles. The van der Waals surface area contributed by atoms with E-state index in [2.05, 4.69) is 16.9 Å². The number of nitrogens with zero attached hydrogens (tertiary/aromatic N) is 2. The number of ether oxygens (including phenoxy) is 3. The number of unbranched alkanes of at least 4 members (excludes halogenated alkanes) is 10. The summed E-state index contributed by atoms with van der Waals surface area (Å²) < 4.78 is 18.7. The van der Waals surface area contributed by atoms with Crippen LogP contribution in [-0.2, 0) is 35.1 Å². The van der Waals surface area contributed by atoms with Crippen molar-refractivity contribution in [3.8, 4) is 0 Å². The lowest BCUT2D eigenvalue weighted by Gasteiger charge is -2.29. The van der Waals surface area contributed by atoms with Gasteiger partial charge in [0.15, 0.2) is 0 Å². The van der Waals surface area contributed by atoms with Crippen molar-refractivity contribution in [1.29, 1.82) is 0 Å². The minimum Gasteiger partial charge on any atom is -0.481 e. The molecule has 3 rings (SSSR count). The van der Waals surface area contributed by atoms with Gasteiger partial charge in [-0.2, -0.15) is 0 Å². The van der Waals surface area contributed by atoms with Crippen LogP contribution in [-0.4, -0.2) is 73.8 Å². The molecular weight excluding hydrogens is 871 g/mol. The number of aromatic nitrogens is 3. The summed E-state index contributed by atoms with van der Waals surface area (Å²) in [6, 6.07) is 13.2. The van der Waals surface area contributed by atoms with E-state index in [4.69, 9.17) is 26.4 Å². The van der Waals surface area contributed by atoms with Gasteiger partial charge >= 0.3 is 23.6 Å². The van der Waals surface area contributed by atoms with Crippen molar-refractivity contribution in [2.24, 2.45) is 17.8 Å². The largest absolute Gasteiger partial charge is 0.481 e. The number of rotatable bonds is 33. The molecule has 0 aliphatic carbocycles. The predicted octanol–water partition coefficient (Wildman–Crippen LogP) is 10.5. The Balaban J connectivity index is 1.92. The van der Waals surface area contributed by atoms with Crippen LogP contribution in [0.5, 0.6) is 0 Å². The third kappa shape index (κ3) is 21.5. The van der Waals surface area contributed by atoms with Crippen molar-refractivity contribution in [3.05, 3.63) is 98.6 Å². The summed E-state index contributed by atoms with van der Waals surface area (Å²) in [6.45, 7) is 6.51. The molecule has 0 bridgehead atoms. The number of methoxy groups -OCH3 is 1. The van der Waals surface area contributed by atoms with Gasteiger partial charge < -0.3 is 19.3 Å². The third-order valence-corrected chi connectivity index (χ3v) is 14.3. The first-order valence-electron chi connectivity index (χ1n) is 23.1. The summed E-state index contributed by atoms with van der Waals surface area (Å²) in [5, 5.41) is 9.69. The van der Waals surface area contributed by atoms with Crippen molar-refractivity contribution in [3.63, 3.8) is 0 Å². The minimum absolute atomic E-state index is 0.000363. The number of esters is 2. The Hall–Kier alpha value is -3.79. The molecule has 0 spiro atoms. The zero-order valence-corrected chi connectivity index (χ0v) is 40.8. The first kappa shape index (κ1) is 54.5. The normalized spacial score (nSPS) is 13.7. The van der Waals surface area contributed by atoms with Crippen molar-refractivity contribution >= 4 is 57.2 Å². The molecule has 0 amide bonds. The number of aromatic amines is 1. The number of hydrogen-bond acceptors (Lipinski definition) is 12. The fraction of sp³-hybridized carbons (Fsp3) is 0.612. The fourth-order valence-electron chi connectivity index (χ4n) is 7.58. The monoisotopic (exact) mass is 941 g/mol. The number of carbonyl (C=O) groups is 3. The molecule has 0 aliphatic rings. The van der Waals surface area contributed by atoms with E-state index in [9.17, 15) is 29.1 Å². The number of thioether (sulfide) groups is 2. The van der Waals surface area contributed by atoms with Gasteiger partial charge in [-0.15, -0.1) is 11.8 Å². The molecule has 0 fully saturated rings. The van der Waals surface area contributed by atoms with Crippen LogP contribution in [0.4, 0.5) is 0 Å². The van der Waals surface area contributed by atoms with Gasteiger partial charge in [0.2, 0.25) is 0 Å². The second-order valence-electron chi connectivity index (χ2n) is 16.6. The van der Waals surface area contributed by atoms with Crippen LogP contribution in [0.25, 0.3) is 0 Å². The highest BCUT2D eigenvalue weighted by Crippen LogP contribution is 2.44. The smallest absolute Gasteiger partial charge is 0.328 e. The van der Waals surface area contributed by atoms with Gasteiger partial charge in [-0.1, -0.05) is 133 Å². The second-order valence-corrected chi connectivity index (χ2v) is 20.1. The molecule has 12 nitrogen and oxygen atoms in total. The number of carboxylic acid groups (broad SMARTS) is 1. The highest BCUT2D eigenvalue weighted by molar-refractivity contribution is 8.47. The van der Waals surface area contributed by atoms with Gasteiger partial charge in [0.1, 0.15) is 10.1 Å². The standard InChI is InChI=1S/C49H71N3O9S3/c1-5-7-9-10-11-12-13-14-15-16-30-63-49(62)64-43(39-19-17-37(18-20-39)35-52-26-23-44(53)51-48(52)58)34-40(38-21-24-50-25-22-38)32-42(47(57)60-27-8-6-2)33-41(31-36(3)45(54)55)46(56)61-29-28-59-4/h17-26,36,40-43H,5-16,27-35H2,1-4H3,(H,54,55)(H,51,53,58). The van der Waals surface area contributed by atoms with E-state index in [1.165, 1.54) is 81.7 Å². The van der Waals surface area contributed by atoms with Gasteiger partial charge in [-0.3, -0.25) is 33.7 Å². The van der Waals surface area contributed by atoms with Crippen molar-refractivity contribution in [1.82, 2.24) is 14.5 Å². The highest BCUT2D eigenvalue weighted by Gasteiger charge is 2.35. The van der Waals surface area contributed by atoms with Crippen LogP contribution in [0, 0.1) is 17.8 Å². The Labute approximate surface area is 393 Å². The molecule has 0 saturated carbocycles. The summed E-state index contributed by atoms with van der Waals surface area (Å²) in [5.41, 5.74) is 1.91. The Morgan fingerprint density at radius 2 is 1.36 bits per heavy atom. The van der Waals surface area contributed by atoms with Crippen LogP contribution in [0.1, 0.15) is 151 Å². The van der Waals surface area contributed by atoms with Gasteiger partial charge in [0, 0.05) is 37.0 Å². The molecule has 2 N–H and O–H groups in total. The van der Waals surface area contributed by atoms with Crippen molar-refractivity contribution < 1.29 is 33.7 Å². The molecule has 0 aliphatic heterocycles. The Bertz CT molecular complexity index is 1930. The van der Waals surface area contributed by atoms with E-state index >= 15 is 0 Å². The average molecular weight is 942 g/mol. The van der Waals surface area contributed by atoms with Crippen molar-refractivity contribution in [2.75, 3.05) is 32.7 Å². The van der Waals surface area contributed by atoms with E-state index in [1.54, 1.807) is 42.8 Å². The topological polar surface area (TPSA) is 167 Å². The molecule has 0 saturated heterocycles. The van der Waals surface area contributed by atoms with Crippen LogP contribution < -0.4 is 11.2 Å². The number of pyridine rings is 1. The zero-order chi connectivity index (χ0) is 46.5. The zero-order valence-electron chi connectivity index (χ0n) is 38.3. The molecule has 0 radical (unpaired) electrons. The summed E-state index contributed by atoms with van der Waals surface area (Å²) in [6.07, 6.45) is 20.0. The van der Waals surface area contributed by atoms with Crippen LogP contribution >= 0.6 is 35.7 Å². The van der Waals surface area contributed by atoms with Crippen LogP contribution in [0.2, 0.25) is 0 Å². The van der Waals surface area contributed by atoms with E-state index in [0.29, 0.717) is 19.3 Å². The summed E-state index contributed by atoms with van der Waals surface area (Å²) in [7, 11) is 1.50. The fourth-order valence-corrected chi connectivity index (χ4v) is 10.4. The summed E-state index contributed by atoms with van der Waals surface area (Å²) in [4.78, 5) is 70.4. The molecule has 64 heavy (non-hydrogen) atoms. The third-order valence-electron chi connectivity index (χ3n) is 11.4. The van der Waals surface area contributed by atoms with E-state index < -0.39 is 46.9 Å². The van der Waals surface area contributed by atoms with E-state index in [1.807, 2.05) is 43.3 Å². The lowest BCUT2D eigenvalue weighted by Crippen LogP contribution is -2.30. The number of thiocarbonyl (C=S) groups is 1. The lowest BCUT2D eigenvalue weighted by molar-refractivity contribution is -0.155. The molecule has 354 valence electrons. The molecular formula is C49H71N3O9S3. The number of hydrogen-bond donors (Lipinski definition) is 2. The molecule has 5 unspecified atom stereocenters. The maximum absolute atomic E-state index is 14.1. The van der Waals surface area contributed by atoms with Crippen molar-refractivity contribution in [2.45, 2.75) is 141 Å². The quantitative estimate of drug-likeness (QED) is 0.0337. The van der Waals surface area contributed by atoms with Gasteiger partial charge in [0.05, 0.1) is 37.5 Å². The SMILES string of the molecule is CCCCCCCCCCCCSC(=S)SC(CC(CC(CC(CC(C)C(=O)O)C(=O)OCCOC)C(=O)OCCCC)c1ccncc1)c1ccc(Cn2ccc(=O)[nH]c2=O)cc1. The predicted molar refractivity (Wildman–Crippen MR) is 262 cm³/mol.